The molecular weight excluding hydrogens is 252 g/mol. The highest BCUT2D eigenvalue weighted by Gasteiger charge is 2.28. The van der Waals surface area contributed by atoms with Crippen molar-refractivity contribution >= 4 is 5.95 Å². The van der Waals surface area contributed by atoms with Crippen LogP contribution in [0.2, 0.25) is 0 Å². The zero-order valence-corrected chi connectivity index (χ0v) is 11.7. The predicted molar refractivity (Wildman–Crippen MR) is 77.7 cm³/mol. The van der Waals surface area contributed by atoms with Crippen LogP contribution in [0.1, 0.15) is 13.3 Å². The lowest BCUT2D eigenvalue weighted by atomic mass is 9.87. The monoisotopic (exact) mass is 272 g/mol. The third kappa shape index (κ3) is 2.38. The van der Waals surface area contributed by atoms with Crippen LogP contribution in [-0.4, -0.2) is 39.8 Å². The molecule has 1 saturated heterocycles. The highest BCUT2D eigenvalue weighted by atomic mass is 15.6. The summed E-state index contributed by atoms with van der Waals surface area (Å²) in [5, 5.41) is 12.1. The van der Waals surface area contributed by atoms with Gasteiger partial charge >= 0.3 is 0 Å². The van der Waals surface area contributed by atoms with E-state index in [0.717, 1.165) is 31.1 Å². The molecule has 1 aromatic carbocycles. The summed E-state index contributed by atoms with van der Waals surface area (Å²) in [7, 11) is 0. The maximum Gasteiger partial charge on any atom is 0.250 e. The Morgan fingerprint density at radius 3 is 2.85 bits per heavy atom. The lowest BCUT2D eigenvalue weighted by molar-refractivity contribution is 0.305. The van der Waals surface area contributed by atoms with Crippen molar-refractivity contribution in [1.29, 1.82) is 0 Å². The number of benzene rings is 1. The first-order valence-corrected chi connectivity index (χ1v) is 7.08. The van der Waals surface area contributed by atoms with Crippen molar-refractivity contribution in [2.75, 3.05) is 24.5 Å². The fraction of sp³-hybridized carbons (Fsp3) is 0.500. The molecule has 2 heterocycles. The average molecular weight is 272 g/mol. The van der Waals surface area contributed by atoms with E-state index in [1.54, 1.807) is 4.68 Å². The molecule has 106 valence electrons. The quantitative estimate of drug-likeness (QED) is 0.905. The van der Waals surface area contributed by atoms with Crippen LogP contribution in [0.5, 0.6) is 0 Å². The molecule has 0 radical (unpaired) electrons. The molecule has 1 fully saturated rings. The Morgan fingerprint density at radius 1 is 1.30 bits per heavy atom. The molecule has 6 nitrogen and oxygen atoms in total. The van der Waals surface area contributed by atoms with Crippen LogP contribution in [0.15, 0.2) is 30.3 Å². The van der Waals surface area contributed by atoms with Crippen molar-refractivity contribution < 1.29 is 0 Å². The van der Waals surface area contributed by atoms with E-state index in [2.05, 4.69) is 27.3 Å². The van der Waals surface area contributed by atoms with Crippen LogP contribution in [-0.2, 0) is 0 Å². The summed E-state index contributed by atoms with van der Waals surface area (Å²) in [5.74, 6) is 1.98. The zero-order chi connectivity index (χ0) is 13.9. The van der Waals surface area contributed by atoms with Crippen molar-refractivity contribution in [2.45, 2.75) is 13.3 Å². The molecule has 2 aromatic rings. The molecule has 0 bridgehead atoms. The molecule has 20 heavy (non-hydrogen) atoms. The molecule has 1 aromatic heterocycles. The van der Waals surface area contributed by atoms with Gasteiger partial charge in [0.1, 0.15) is 0 Å². The number of para-hydroxylation sites is 1. The van der Waals surface area contributed by atoms with Crippen molar-refractivity contribution in [1.82, 2.24) is 20.2 Å². The molecule has 2 atom stereocenters. The van der Waals surface area contributed by atoms with Gasteiger partial charge in [0.15, 0.2) is 0 Å². The predicted octanol–water partition coefficient (Wildman–Crippen LogP) is 1.08. The summed E-state index contributed by atoms with van der Waals surface area (Å²) in [6.07, 6.45) is 1.13. The molecule has 3 rings (SSSR count). The number of hydrogen-bond donors (Lipinski definition) is 1. The smallest absolute Gasteiger partial charge is 0.250 e. The van der Waals surface area contributed by atoms with Gasteiger partial charge in [-0.15, -0.1) is 0 Å². The summed E-state index contributed by atoms with van der Waals surface area (Å²) in [5.41, 5.74) is 6.86. The molecular formula is C14H20N6. The second kappa shape index (κ2) is 5.58. The molecule has 0 aliphatic carbocycles. The third-order valence-corrected chi connectivity index (χ3v) is 4.15. The largest absolute Gasteiger partial charge is 0.339 e. The summed E-state index contributed by atoms with van der Waals surface area (Å²) in [4.78, 5) is 2.24. The Hall–Kier alpha value is -1.95. The normalized spacial score (nSPS) is 23.0. The van der Waals surface area contributed by atoms with E-state index < -0.39 is 0 Å². The summed E-state index contributed by atoms with van der Waals surface area (Å²) < 4.78 is 1.80. The van der Waals surface area contributed by atoms with Crippen molar-refractivity contribution in [3.8, 4) is 5.69 Å². The van der Waals surface area contributed by atoms with E-state index in [9.17, 15) is 0 Å². The number of nitrogens with zero attached hydrogens (tertiary/aromatic N) is 5. The van der Waals surface area contributed by atoms with Gasteiger partial charge in [0.05, 0.1) is 5.69 Å². The van der Waals surface area contributed by atoms with Gasteiger partial charge in [0, 0.05) is 13.1 Å². The maximum atomic E-state index is 5.87. The van der Waals surface area contributed by atoms with E-state index in [4.69, 9.17) is 5.73 Å². The number of tetrazole rings is 1. The van der Waals surface area contributed by atoms with Crippen LogP contribution in [0, 0.1) is 11.8 Å². The molecule has 1 aliphatic heterocycles. The van der Waals surface area contributed by atoms with Crippen molar-refractivity contribution in [3.63, 3.8) is 0 Å². The van der Waals surface area contributed by atoms with Crippen LogP contribution in [0.25, 0.3) is 5.69 Å². The molecule has 6 heteroatoms. The molecule has 2 N–H and O–H groups in total. The molecule has 0 saturated carbocycles. The van der Waals surface area contributed by atoms with E-state index in [0.29, 0.717) is 18.4 Å². The topological polar surface area (TPSA) is 72.9 Å². The number of hydrogen-bond acceptors (Lipinski definition) is 5. The number of aromatic nitrogens is 4. The molecule has 0 spiro atoms. The van der Waals surface area contributed by atoms with Crippen LogP contribution >= 0.6 is 0 Å². The minimum absolute atomic E-state index is 0.504. The number of rotatable bonds is 3. The van der Waals surface area contributed by atoms with Crippen molar-refractivity contribution in [2.24, 2.45) is 17.6 Å². The Balaban J connectivity index is 1.87. The fourth-order valence-corrected chi connectivity index (χ4v) is 2.75. The second-order valence-corrected chi connectivity index (χ2v) is 5.43. The first-order chi connectivity index (χ1) is 9.79. The number of piperidine rings is 1. The van der Waals surface area contributed by atoms with E-state index in [-0.39, 0.29) is 0 Å². The number of anilines is 1. The zero-order valence-electron chi connectivity index (χ0n) is 11.7. The van der Waals surface area contributed by atoms with Gasteiger partial charge in [-0.2, -0.15) is 4.68 Å². The lowest BCUT2D eigenvalue weighted by Gasteiger charge is -2.36. The Bertz CT molecular complexity index is 552. The SMILES string of the molecule is CC1CCN(c2nnnn2-c2ccccc2)CC1CN. The molecule has 2 unspecified atom stereocenters. The highest BCUT2D eigenvalue weighted by molar-refractivity contribution is 5.40. The van der Waals surface area contributed by atoms with Gasteiger partial charge in [-0.1, -0.05) is 30.2 Å². The first-order valence-electron chi connectivity index (χ1n) is 7.08. The van der Waals surface area contributed by atoms with Gasteiger partial charge in [0.25, 0.3) is 0 Å². The first kappa shape index (κ1) is 13.1. The van der Waals surface area contributed by atoms with Gasteiger partial charge < -0.3 is 10.6 Å². The van der Waals surface area contributed by atoms with Crippen molar-refractivity contribution in [3.05, 3.63) is 30.3 Å². The van der Waals surface area contributed by atoms with Gasteiger partial charge in [-0.3, -0.25) is 0 Å². The fourth-order valence-electron chi connectivity index (χ4n) is 2.75. The summed E-state index contributed by atoms with van der Waals surface area (Å²) in [6, 6.07) is 9.98. The minimum atomic E-state index is 0.504. The van der Waals surface area contributed by atoms with Gasteiger partial charge in [-0.05, 0) is 47.4 Å². The Labute approximate surface area is 118 Å². The van der Waals surface area contributed by atoms with E-state index in [1.807, 2.05) is 30.3 Å². The second-order valence-electron chi connectivity index (χ2n) is 5.43. The average Bonchev–Trinajstić information content (AvgIpc) is 2.98. The summed E-state index contributed by atoms with van der Waals surface area (Å²) >= 11 is 0. The standard InChI is InChI=1S/C14H20N6/c1-11-7-8-19(10-12(11)9-15)14-16-17-18-20(14)13-5-3-2-4-6-13/h2-6,11-12H,7-10,15H2,1H3. The van der Waals surface area contributed by atoms with E-state index in [1.165, 1.54) is 0 Å². The van der Waals surface area contributed by atoms with Crippen LogP contribution < -0.4 is 10.6 Å². The number of nitrogens with two attached hydrogens (primary N) is 1. The maximum absolute atomic E-state index is 5.87. The van der Waals surface area contributed by atoms with Crippen LogP contribution in [0.4, 0.5) is 5.95 Å². The molecule has 1 aliphatic rings. The highest BCUT2D eigenvalue weighted by Crippen LogP contribution is 2.26. The van der Waals surface area contributed by atoms with Gasteiger partial charge in [-0.25, -0.2) is 0 Å². The van der Waals surface area contributed by atoms with Crippen LogP contribution in [0.3, 0.4) is 0 Å². The summed E-state index contributed by atoms with van der Waals surface area (Å²) in [6.45, 7) is 4.88. The van der Waals surface area contributed by atoms with Gasteiger partial charge in [0.2, 0.25) is 5.95 Å². The third-order valence-electron chi connectivity index (χ3n) is 4.15. The minimum Gasteiger partial charge on any atom is -0.339 e. The van der Waals surface area contributed by atoms with E-state index >= 15 is 0 Å². The Kier molecular flexibility index (Phi) is 3.64. The Morgan fingerprint density at radius 2 is 2.10 bits per heavy atom. The lowest BCUT2D eigenvalue weighted by Crippen LogP contribution is -2.43. The molecule has 0 amide bonds.